The number of benzene rings is 2. The molecule has 1 heterocycles. The molecule has 0 atom stereocenters. The molecule has 28 heavy (non-hydrogen) atoms. The van der Waals surface area contributed by atoms with Gasteiger partial charge in [0.2, 0.25) is 15.9 Å². The van der Waals surface area contributed by atoms with Crippen LogP contribution >= 0.6 is 0 Å². The highest BCUT2D eigenvalue weighted by Crippen LogP contribution is 2.27. The maximum absolute atomic E-state index is 12.7. The summed E-state index contributed by atoms with van der Waals surface area (Å²) in [6, 6.07) is 9.97. The van der Waals surface area contributed by atoms with Crippen LogP contribution < -0.4 is 14.8 Å². The molecule has 0 aliphatic carbocycles. The van der Waals surface area contributed by atoms with E-state index < -0.39 is 20.0 Å². The zero-order chi connectivity index (χ0) is 20.4. The molecular weight excluding hydrogens is 402 g/mol. The molecule has 0 radical (unpaired) electrons. The number of hydrogen-bond acceptors (Lipinski definition) is 5. The van der Waals surface area contributed by atoms with Gasteiger partial charge in [-0.3, -0.25) is 9.52 Å². The molecule has 0 aromatic heterocycles. The van der Waals surface area contributed by atoms with Gasteiger partial charge in [0.25, 0.3) is 10.0 Å². The fraction of sp³-hybridized carbons (Fsp3) is 0.278. The molecule has 0 bridgehead atoms. The third-order valence-corrected chi connectivity index (χ3v) is 7.07. The van der Waals surface area contributed by atoms with Crippen molar-refractivity contribution in [2.24, 2.45) is 0 Å². The lowest BCUT2D eigenvalue weighted by Crippen LogP contribution is -2.24. The first kappa shape index (κ1) is 20.3. The molecule has 8 nitrogen and oxygen atoms in total. The van der Waals surface area contributed by atoms with E-state index in [1.807, 2.05) is 6.92 Å². The van der Waals surface area contributed by atoms with Crippen molar-refractivity contribution in [3.63, 3.8) is 0 Å². The second-order valence-corrected chi connectivity index (χ2v) is 9.88. The first-order chi connectivity index (χ1) is 13.2. The zero-order valence-corrected chi connectivity index (χ0v) is 16.9. The van der Waals surface area contributed by atoms with Gasteiger partial charge in [0.15, 0.2) is 0 Å². The van der Waals surface area contributed by atoms with Gasteiger partial charge in [-0.05, 0) is 48.4 Å². The van der Waals surface area contributed by atoms with Gasteiger partial charge in [0.1, 0.15) is 0 Å². The Morgan fingerprint density at radius 3 is 2.50 bits per heavy atom. The highest BCUT2D eigenvalue weighted by Gasteiger charge is 2.22. The van der Waals surface area contributed by atoms with E-state index in [0.29, 0.717) is 24.2 Å². The van der Waals surface area contributed by atoms with Gasteiger partial charge in [0.05, 0.1) is 21.9 Å². The quantitative estimate of drug-likeness (QED) is 0.561. The summed E-state index contributed by atoms with van der Waals surface area (Å²) in [5.74, 6) is -0.189. The number of carbonyl (C=O) groups excluding carboxylic acids is 1. The number of unbranched alkanes of at least 4 members (excludes halogenated alkanes) is 1. The Hall–Kier alpha value is -2.43. The van der Waals surface area contributed by atoms with E-state index in [1.165, 1.54) is 42.5 Å². The summed E-state index contributed by atoms with van der Waals surface area (Å²) in [6.07, 6.45) is 1.68. The van der Waals surface area contributed by atoms with E-state index in [2.05, 4.69) is 14.8 Å². The molecule has 1 aliphatic rings. The van der Waals surface area contributed by atoms with E-state index >= 15 is 0 Å². The highest BCUT2D eigenvalue weighted by atomic mass is 32.2. The number of rotatable bonds is 8. The molecule has 10 heteroatoms. The fourth-order valence-electron chi connectivity index (χ4n) is 2.78. The third kappa shape index (κ3) is 4.51. The fourth-order valence-corrected chi connectivity index (χ4v) is 5.00. The maximum Gasteiger partial charge on any atom is 0.261 e. The van der Waals surface area contributed by atoms with Gasteiger partial charge in [-0.15, -0.1) is 0 Å². The standard InChI is InChI=1S/C18H21N3O5S2/c1-2-3-9-19-27(23,24)15-6-4-5-14(12-15)21-28(25,26)16-7-8-17-13(10-16)11-18(22)20-17/h4-8,10,12,19,21H,2-3,9,11H2,1H3,(H,20,22). The predicted molar refractivity (Wildman–Crippen MR) is 106 cm³/mol. The highest BCUT2D eigenvalue weighted by molar-refractivity contribution is 7.92. The Labute approximate surface area is 164 Å². The Morgan fingerprint density at radius 2 is 1.75 bits per heavy atom. The summed E-state index contributed by atoms with van der Waals surface area (Å²) in [5.41, 5.74) is 1.33. The molecule has 3 N–H and O–H groups in total. The van der Waals surface area contributed by atoms with Crippen molar-refractivity contribution in [3.8, 4) is 0 Å². The molecule has 0 unspecified atom stereocenters. The van der Waals surface area contributed by atoms with Crippen LogP contribution in [0.1, 0.15) is 25.3 Å². The van der Waals surface area contributed by atoms with Gasteiger partial charge in [-0.1, -0.05) is 19.4 Å². The smallest absolute Gasteiger partial charge is 0.261 e. The molecule has 2 aromatic rings. The van der Waals surface area contributed by atoms with Gasteiger partial charge in [-0.2, -0.15) is 0 Å². The van der Waals surface area contributed by atoms with Crippen molar-refractivity contribution >= 4 is 37.3 Å². The van der Waals surface area contributed by atoms with Crippen LogP contribution in [0.5, 0.6) is 0 Å². The van der Waals surface area contributed by atoms with E-state index in [1.54, 1.807) is 0 Å². The number of hydrogen-bond donors (Lipinski definition) is 3. The largest absolute Gasteiger partial charge is 0.326 e. The van der Waals surface area contributed by atoms with E-state index in [-0.39, 0.29) is 27.8 Å². The summed E-state index contributed by atoms with van der Waals surface area (Å²) >= 11 is 0. The van der Waals surface area contributed by atoms with Crippen LogP contribution in [-0.2, 0) is 31.3 Å². The van der Waals surface area contributed by atoms with E-state index in [9.17, 15) is 21.6 Å². The van der Waals surface area contributed by atoms with Crippen molar-refractivity contribution in [2.75, 3.05) is 16.6 Å². The van der Waals surface area contributed by atoms with Gasteiger partial charge in [-0.25, -0.2) is 21.6 Å². The second-order valence-electron chi connectivity index (χ2n) is 6.43. The van der Waals surface area contributed by atoms with Crippen molar-refractivity contribution in [2.45, 2.75) is 36.0 Å². The van der Waals surface area contributed by atoms with Crippen molar-refractivity contribution in [1.82, 2.24) is 4.72 Å². The van der Waals surface area contributed by atoms with Crippen LogP contribution in [0.15, 0.2) is 52.3 Å². The number of fused-ring (bicyclic) bond motifs is 1. The normalized spacial score (nSPS) is 13.8. The van der Waals surface area contributed by atoms with Gasteiger partial charge in [0, 0.05) is 12.2 Å². The van der Waals surface area contributed by atoms with Crippen molar-refractivity contribution in [3.05, 3.63) is 48.0 Å². The summed E-state index contributed by atoms with van der Waals surface area (Å²) in [5, 5.41) is 2.64. The molecule has 3 rings (SSSR count). The van der Waals surface area contributed by atoms with E-state index in [4.69, 9.17) is 0 Å². The molecule has 2 aromatic carbocycles. The van der Waals surface area contributed by atoms with E-state index in [0.717, 1.165) is 6.42 Å². The number of sulfonamides is 2. The SMILES string of the molecule is CCCCNS(=O)(=O)c1cccc(NS(=O)(=O)c2ccc3c(c2)CC(=O)N3)c1. The Kier molecular flexibility index (Phi) is 5.73. The third-order valence-electron chi connectivity index (χ3n) is 4.23. The van der Waals surface area contributed by atoms with Crippen LogP contribution in [0.25, 0.3) is 0 Å². The molecule has 150 valence electrons. The van der Waals surface area contributed by atoms with Crippen molar-refractivity contribution in [1.29, 1.82) is 0 Å². The Morgan fingerprint density at radius 1 is 1.00 bits per heavy atom. The summed E-state index contributed by atoms with van der Waals surface area (Å²) in [4.78, 5) is 11.4. The Balaban J connectivity index is 1.82. The predicted octanol–water partition coefficient (Wildman–Crippen LogP) is 2.06. The maximum atomic E-state index is 12.7. The topological polar surface area (TPSA) is 121 Å². The average molecular weight is 424 g/mol. The summed E-state index contributed by atoms with van der Waals surface area (Å²) in [7, 11) is -7.66. The summed E-state index contributed by atoms with van der Waals surface area (Å²) in [6.45, 7) is 2.27. The van der Waals surface area contributed by atoms with Gasteiger partial charge >= 0.3 is 0 Å². The average Bonchev–Trinajstić information content (AvgIpc) is 3.01. The summed E-state index contributed by atoms with van der Waals surface area (Å²) < 4.78 is 54.9. The van der Waals surface area contributed by atoms with Gasteiger partial charge < -0.3 is 5.32 Å². The van der Waals surface area contributed by atoms with Crippen LogP contribution in [0.2, 0.25) is 0 Å². The minimum Gasteiger partial charge on any atom is -0.326 e. The van der Waals surface area contributed by atoms with Crippen LogP contribution in [0.4, 0.5) is 11.4 Å². The van der Waals surface area contributed by atoms with Crippen LogP contribution in [-0.4, -0.2) is 29.3 Å². The van der Waals surface area contributed by atoms with Crippen LogP contribution in [0.3, 0.4) is 0 Å². The number of carbonyl (C=O) groups is 1. The minimum atomic E-state index is -3.94. The lowest BCUT2D eigenvalue weighted by Gasteiger charge is -2.11. The first-order valence-corrected chi connectivity index (χ1v) is 11.7. The number of amides is 1. The second kappa shape index (κ2) is 7.90. The first-order valence-electron chi connectivity index (χ1n) is 8.76. The zero-order valence-electron chi connectivity index (χ0n) is 15.2. The molecule has 0 saturated carbocycles. The Bertz CT molecular complexity index is 1110. The molecular formula is C18H21N3O5S2. The molecule has 1 aliphatic heterocycles. The monoisotopic (exact) mass is 423 g/mol. The molecule has 0 fully saturated rings. The lowest BCUT2D eigenvalue weighted by atomic mass is 10.2. The van der Waals surface area contributed by atoms with Crippen LogP contribution in [0, 0.1) is 0 Å². The number of nitrogens with one attached hydrogen (secondary N) is 3. The number of anilines is 2. The minimum absolute atomic E-state index is 0.00270. The lowest BCUT2D eigenvalue weighted by molar-refractivity contribution is -0.115. The molecule has 0 saturated heterocycles. The molecule has 1 amide bonds. The van der Waals surface area contributed by atoms with Crippen molar-refractivity contribution < 1.29 is 21.6 Å². The molecule has 0 spiro atoms.